The second-order valence-corrected chi connectivity index (χ2v) is 5.77. The first-order chi connectivity index (χ1) is 8.00. The Morgan fingerprint density at radius 3 is 2.24 bits per heavy atom. The van der Waals surface area contributed by atoms with Gasteiger partial charge in [-0.15, -0.1) is 0 Å². The summed E-state index contributed by atoms with van der Waals surface area (Å²) in [7, 11) is 2.16. The van der Waals surface area contributed by atoms with E-state index in [0.29, 0.717) is 18.2 Å². The molecule has 0 aromatic heterocycles. The van der Waals surface area contributed by atoms with Crippen molar-refractivity contribution in [1.82, 2.24) is 9.80 Å². The van der Waals surface area contributed by atoms with Crippen molar-refractivity contribution in [3.63, 3.8) is 0 Å². The van der Waals surface area contributed by atoms with Crippen molar-refractivity contribution >= 4 is 0 Å². The normalized spacial score (nSPS) is 19.8. The third kappa shape index (κ3) is 5.36. The number of rotatable bonds is 6. The van der Waals surface area contributed by atoms with Crippen LogP contribution in [0.5, 0.6) is 0 Å². The van der Waals surface area contributed by atoms with Crippen molar-refractivity contribution < 1.29 is 4.74 Å². The van der Waals surface area contributed by atoms with Crippen LogP contribution in [0.3, 0.4) is 0 Å². The van der Waals surface area contributed by atoms with Crippen molar-refractivity contribution in [1.29, 1.82) is 0 Å². The SMILES string of the molecule is CC(C)N(C)CCOC1CCN(C(C)C)CC1. The largest absolute Gasteiger partial charge is 0.377 e. The topological polar surface area (TPSA) is 15.7 Å². The summed E-state index contributed by atoms with van der Waals surface area (Å²) >= 11 is 0. The number of hydrogen-bond donors (Lipinski definition) is 0. The van der Waals surface area contributed by atoms with Gasteiger partial charge >= 0.3 is 0 Å². The molecule has 3 nitrogen and oxygen atoms in total. The summed E-state index contributed by atoms with van der Waals surface area (Å²) < 4.78 is 5.96. The molecular formula is C14H30N2O. The standard InChI is InChI=1S/C14H30N2O/c1-12(2)15(5)10-11-17-14-6-8-16(9-7-14)13(3)4/h12-14H,6-11H2,1-5H3. The summed E-state index contributed by atoms with van der Waals surface area (Å²) in [6.45, 7) is 13.3. The van der Waals surface area contributed by atoms with Gasteiger partial charge in [0.05, 0.1) is 12.7 Å². The van der Waals surface area contributed by atoms with Gasteiger partial charge in [0.25, 0.3) is 0 Å². The monoisotopic (exact) mass is 242 g/mol. The molecule has 0 aromatic rings. The van der Waals surface area contributed by atoms with E-state index in [1.54, 1.807) is 0 Å². The predicted molar refractivity (Wildman–Crippen MR) is 73.4 cm³/mol. The van der Waals surface area contributed by atoms with Gasteiger partial charge in [-0.2, -0.15) is 0 Å². The molecule has 1 aliphatic rings. The van der Waals surface area contributed by atoms with Gasteiger partial charge in [0.15, 0.2) is 0 Å². The molecule has 1 aliphatic heterocycles. The van der Waals surface area contributed by atoms with E-state index in [9.17, 15) is 0 Å². The highest BCUT2D eigenvalue weighted by atomic mass is 16.5. The molecule has 102 valence electrons. The number of ether oxygens (including phenoxy) is 1. The smallest absolute Gasteiger partial charge is 0.0600 e. The second kappa shape index (κ2) is 7.34. The molecule has 1 fully saturated rings. The van der Waals surface area contributed by atoms with Gasteiger partial charge in [-0.05, 0) is 47.6 Å². The lowest BCUT2D eigenvalue weighted by Gasteiger charge is -2.34. The first kappa shape index (κ1) is 14.9. The Morgan fingerprint density at radius 2 is 1.76 bits per heavy atom. The molecule has 1 saturated heterocycles. The van der Waals surface area contributed by atoms with Crippen LogP contribution < -0.4 is 0 Å². The van der Waals surface area contributed by atoms with Crippen LogP contribution in [0.2, 0.25) is 0 Å². The minimum atomic E-state index is 0.491. The molecular weight excluding hydrogens is 212 g/mol. The number of hydrogen-bond acceptors (Lipinski definition) is 3. The zero-order valence-electron chi connectivity index (χ0n) is 12.3. The van der Waals surface area contributed by atoms with E-state index in [-0.39, 0.29) is 0 Å². The van der Waals surface area contributed by atoms with E-state index < -0.39 is 0 Å². The predicted octanol–water partition coefficient (Wildman–Crippen LogP) is 2.22. The third-order valence-electron chi connectivity index (χ3n) is 3.89. The summed E-state index contributed by atoms with van der Waals surface area (Å²) in [6, 6.07) is 1.30. The number of likely N-dealkylation sites (N-methyl/N-ethyl adjacent to an activating group) is 1. The molecule has 3 heteroatoms. The first-order valence-electron chi connectivity index (χ1n) is 7.06. The van der Waals surface area contributed by atoms with Crippen LogP contribution in [0, 0.1) is 0 Å². The zero-order chi connectivity index (χ0) is 12.8. The molecule has 0 N–H and O–H groups in total. The van der Waals surface area contributed by atoms with E-state index in [1.165, 1.54) is 25.9 Å². The molecule has 0 bridgehead atoms. The number of piperidine rings is 1. The van der Waals surface area contributed by atoms with Gasteiger partial charge in [0.2, 0.25) is 0 Å². The van der Waals surface area contributed by atoms with Crippen LogP contribution in [-0.2, 0) is 4.74 Å². The lowest BCUT2D eigenvalue weighted by Crippen LogP contribution is -2.41. The summed E-state index contributed by atoms with van der Waals surface area (Å²) in [6.07, 6.45) is 2.89. The van der Waals surface area contributed by atoms with Crippen LogP contribution in [0.25, 0.3) is 0 Å². The molecule has 1 rings (SSSR count). The van der Waals surface area contributed by atoms with Crippen molar-refractivity contribution in [3.05, 3.63) is 0 Å². The first-order valence-corrected chi connectivity index (χ1v) is 7.06. The van der Waals surface area contributed by atoms with Gasteiger partial charge in [-0.25, -0.2) is 0 Å². The van der Waals surface area contributed by atoms with E-state index in [2.05, 4.69) is 44.5 Å². The highest BCUT2D eigenvalue weighted by molar-refractivity contribution is 4.74. The highest BCUT2D eigenvalue weighted by Crippen LogP contribution is 2.15. The average molecular weight is 242 g/mol. The fraction of sp³-hybridized carbons (Fsp3) is 1.00. The quantitative estimate of drug-likeness (QED) is 0.710. The lowest BCUT2D eigenvalue weighted by atomic mass is 10.1. The highest BCUT2D eigenvalue weighted by Gasteiger charge is 2.21. The van der Waals surface area contributed by atoms with E-state index >= 15 is 0 Å². The maximum Gasteiger partial charge on any atom is 0.0600 e. The molecule has 0 aromatic carbocycles. The Kier molecular flexibility index (Phi) is 6.45. The summed E-state index contributed by atoms with van der Waals surface area (Å²) in [5.74, 6) is 0. The van der Waals surface area contributed by atoms with E-state index in [0.717, 1.165) is 13.2 Å². The third-order valence-corrected chi connectivity index (χ3v) is 3.89. The minimum absolute atomic E-state index is 0.491. The Bertz CT molecular complexity index is 198. The molecule has 0 amide bonds. The summed E-state index contributed by atoms with van der Waals surface area (Å²) in [4.78, 5) is 4.88. The van der Waals surface area contributed by atoms with Gasteiger partial charge in [-0.3, -0.25) is 0 Å². The molecule has 0 unspecified atom stereocenters. The van der Waals surface area contributed by atoms with Crippen LogP contribution >= 0.6 is 0 Å². The van der Waals surface area contributed by atoms with Crippen LogP contribution in [0.1, 0.15) is 40.5 Å². The molecule has 0 radical (unpaired) electrons. The molecule has 0 spiro atoms. The molecule has 0 saturated carbocycles. The number of likely N-dealkylation sites (tertiary alicyclic amines) is 1. The summed E-state index contributed by atoms with van der Waals surface area (Å²) in [5.41, 5.74) is 0. The fourth-order valence-corrected chi connectivity index (χ4v) is 2.18. The summed E-state index contributed by atoms with van der Waals surface area (Å²) in [5, 5.41) is 0. The fourth-order valence-electron chi connectivity index (χ4n) is 2.18. The van der Waals surface area contributed by atoms with Crippen molar-refractivity contribution in [2.45, 2.75) is 58.7 Å². The molecule has 17 heavy (non-hydrogen) atoms. The Morgan fingerprint density at radius 1 is 1.18 bits per heavy atom. The van der Waals surface area contributed by atoms with Gasteiger partial charge in [0, 0.05) is 31.7 Å². The molecule has 0 aliphatic carbocycles. The molecule has 0 atom stereocenters. The Hall–Kier alpha value is -0.120. The van der Waals surface area contributed by atoms with Crippen molar-refractivity contribution in [3.8, 4) is 0 Å². The minimum Gasteiger partial charge on any atom is -0.377 e. The van der Waals surface area contributed by atoms with Gasteiger partial charge < -0.3 is 14.5 Å². The van der Waals surface area contributed by atoms with Crippen LogP contribution in [0.4, 0.5) is 0 Å². The maximum atomic E-state index is 5.96. The molecule has 1 heterocycles. The zero-order valence-corrected chi connectivity index (χ0v) is 12.3. The lowest BCUT2D eigenvalue weighted by molar-refractivity contribution is -0.00702. The maximum absolute atomic E-state index is 5.96. The Balaban J connectivity index is 2.10. The van der Waals surface area contributed by atoms with E-state index in [1.807, 2.05) is 0 Å². The van der Waals surface area contributed by atoms with Gasteiger partial charge in [0.1, 0.15) is 0 Å². The van der Waals surface area contributed by atoms with Crippen molar-refractivity contribution in [2.75, 3.05) is 33.3 Å². The van der Waals surface area contributed by atoms with Crippen LogP contribution in [-0.4, -0.2) is 61.3 Å². The number of nitrogens with zero attached hydrogens (tertiary/aromatic N) is 2. The van der Waals surface area contributed by atoms with Crippen molar-refractivity contribution in [2.24, 2.45) is 0 Å². The average Bonchev–Trinajstić information content (AvgIpc) is 2.29. The Labute approximate surface area is 107 Å². The van der Waals surface area contributed by atoms with Gasteiger partial charge in [-0.1, -0.05) is 0 Å². The van der Waals surface area contributed by atoms with Crippen LogP contribution in [0.15, 0.2) is 0 Å². The van der Waals surface area contributed by atoms with E-state index in [4.69, 9.17) is 4.74 Å². The second-order valence-electron chi connectivity index (χ2n) is 5.77.